The van der Waals surface area contributed by atoms with Gasteiger partial charge in [-0.15, -0.1) is 0 Å². The number of nitrogens with zero attached hydrogens (tertiary/aromatic N) is 2. The normalized spacial score (nSPS) is 10.9. The first kappa shape index (κ1) is 15.4. The van der Waals surface area contributed by atoms with Crippen LogP contribution >= 0.6 is 23.4 Å². The summed E-state index contributed by atoms with van der Waals surface area (Å²) in [4.78, 5) is 11.9. The molecule has 18 heavy (non-hydrogen) atoms. The average molecular weight is 290 g/mol. The first-order chi connectivity index (χ1) is 8.57. The summed E-state index contributed by atoms with van der Waals surface area (Å²) in [6.45, 7) is 6.75. The van der Waals surface area contributed by atoms with Crippen LogP contribution in [-0.2, 0) is 0 Å². The Morgan fingerprint density at radius 2 is 2.28 bits per heavy atom. The van der Waals surface area contributed by atoms with E-state index in [9.17, 15) is 4.79 Å². The molecule has 0 radical (unpaired) electrons. The topological polar surface area (TPSA) is 46.9 Å². The van der Waals surface area contributed by atoms with Crippen molar-refractivity contribution in [2.45, 2.75) is 33.2 Å². The minimum Gasteiger partial charge on any atom is -0.382 e. The van der Waals surface area contributed by atoms with Crippen molar-refractivity contribution in [3.05, 3.63) is 21.6 Å². The fraction of sp³-hybridized carbons (Fsp3) is 0.667. The number of hydrogen-bond donors (Lipinski definition) is 1. The largest absolute Gasteiger partial charge is 0.382 e. The number of hydrogen-bond acceptors (Lipinski definition) is 4. The molecular weight excluding hydrogens is 270 g/mol. The highest BCUT2D eigenvalue weighted by atomic mass is 35.5. The SMILES string of the molecule is CCSCCCNc1cnn(C(C)C)c(=O)c1Cl. The van der Waals surface area contributed by atoms with Gasteiger partial charge in [0.15, 0.2) is 0 Å². The molecule has 1 N–H and O–H groups in total. The second kappa shape index (κ2) is 7.69. The second-order valence-corrected chi connectivity index (χ2v) is 5.96. The molecule has 102 valence electrons. The summed E-state index contributed by atoms with van der Waals surface area (Å²) in [5.74, 6) is 2.24. The molecule has 0 aromatic carbocycles. The molecule has 0 saturated heterocycles. The van der Waals surface area contributed by atoms with Crippen LogP contribution in [0.25, 0.3) is 0 Å². The zero-order chi connectivity index (χ0) is 13.5. The van der Waals surface area contributed by atoms with Gasteiger partial charge in [0, 0.05) is 6.54 Å². The minimum absolute atomic E-state index is 0.0185. The highest BCUT2D eigenvalue weighted by molar-refractivity contribution is 7.99. The lowest BCUT2D eigenvalue weighted by Crippen LogP contribution is -2.25. The fourth-order valence-corrected chi connectivity index (χ4v) is 2.32. The monoisotopic (exact) mass is 289 g/mol. The molecule has 0 bridgehead atoms. The van der Waals surface area contributed by atoms with Gasteiger partial charge >= 0.3 is 0 Å². The average Bonchev–Trinajstić information content (AvgIpc) is 2.33. The molecule has 0 atom stereocenters. The van der Waals surface area contributed by atoms with Crippen molar-refractivity contribution in [3.63, 3.8) is 0 Å². The van der Waals surface area contributed by atoms with Crippen molar-refractivity contribution in [2.24, 2.45) is 0 Å². The van der Waals surface area contributed by atoms with Crippen LogP contribution in [0.3, 0.4) is 0 Å². The van der Waals surface area contributed by atoms with Gasteiger partial charge in [-0.25, -0.2) is 4.68 Å². The number of nitrogens with one attached hydrogen (secondary N) is 1. The minimum atomic E-state index is -0.236. The van der Waals surface area contributed by atoms with E-state index in [1.165, 1.54) is 4.68 Å². The van der Waals surface area contributed by atoms with Crippen molar-refractivity contribution >= 4 is 29.1 Å². The van der Waals surface area contributed by atoms with Gasteiger partial charge in [-0.05, 0) is 31.8 Å². The van der Waals surface area contributed by atoms with Gasteiger partial charge in [0.1, 0.15) is 5.02 Å². The number of halogens is 1. The molecule has 0 spiro atoms. The summed E-state index contributed by atoms with van der Waals surface area (Å²) in [5.41, 5.74) is 0.389. The van der Waals surface area contributed by atoms with E-state index in [2.05, 4.69) is 17.3 Å². The maximum atomic E-state index is 11.9. The Hall–Kier alpha value is -0.680. The Kier molecular flexibility index (Phi) is 6.57. The predicted octanol–water partition coefficient (Wildman–Crippen LogP) is 3.03. The molecule has 0 fully saturated rings. The number of thioether (sulfide) groups is 1. The van der Waals surface area contributed by atoms with E-state index in [1.807, 2.05) is 25.6 Å². The summed E-state index contributed by atoms with van der Waals surface area (Å²) in [5, 5.41) is 7.49. The Bertz CT molecular complexity index is 434. The van der Waals surface area contributed by atoms with Gasteiger partial charge < -0.3 is 5.32 Å². The Morgan fingerprint density at radius 1 is 1.56 bits per heavy atom. The van der Waals surface area contributed by atoms with Crippen LogP contribution < -0.4 is 10.9 Å². The van der Waals surface area contributed by atoms with Gasteiger partial charge in [0.2, 0.25) is 0 Å². The first-order valence-electron chi connectivity index (χ1n) is 6.16. The summed E-state index contributed by atoms with van der Waals surface area (Å²) in [7, 11) is 0. The lowest BCUT2D eigenvalue weighted by atomic mass is 10.3. The van der Waals surface area contributed by atoms with E-state index in [0.717, 1.165) is 24.5 Å². The Morgan fingerprint density at radius 3 is 2.89 bits per heavy atom. The van der Waals surface area contributed by atoms with Crippen LogP contribution in [0, 0.1) is 0 Å². The van der Waals surface area contributed by atoms with Gasteiger partial charge in [0.05, 0.1) is 17.9 Å². The highest BCUT2D eigenvalue weighted by Crippen LogP contribution is 2.16. The van der Waals surface area contributed by atoms with E-state index >= 15 is 0 Å². The lowest BCUT2D eigenvalue weighted by Gasteiger charge is -2.12. The quantitative estimate of drug-likeness (QED) is 0.784. The molecule has 0 aliphatic carbocycles. The molecule has 4 nitrogen and oxygen atoms in total. The van der Waals surface area contributed by atoms with Gasteiger partial charge in [-0.1, -0.05) is 18.5 Å². The zero-order valence-corrected chi connectivity index (χ0v) is 12.6. The smallest absolute Gasteiger partial charge is 0.287 e. The molecular formula is C12H20ClN3OS. The number of anilines is 1. The van der Waals surface area contributed by atoms with Gasteiger partial charge in [0.25, 0.3) is 5.56 Å². The van der Waals surface area contributed by atoms with E-state index < -0.39 is 0 Å². The highest BCUT2D eigenvalue weighted by Gasteiger charge is 2.10. The van der Waals surface area contributed by atoms with E-state index in [0.29, 0.717) is 5.69 Å². The second-order valence-electron chi connectivity index (χ2n) is 4.19. The fourth-order valence-electron chi connectivity index (χ4n) is 1.48. The molecule has 6 heteroatoms. The number of rotatable bonds is 7. The van der Waals surface area contributed by atoms with Crippen LogP contribution in [0.2, 0.25) is 5.02 Å². The molecule has 1 aromatic rings. The summed E-state index contributed by atoms with van der Waals surface area (Å²) >= 11 is 7.94. The summed E-state index contributed by atoms with van der Waals surface area (Å²) in [6.07, 6.45) is 2.67. The first-order valence-corrected chi connectivity index (χ1v) is 7.70. The van der Waals surface area contributed by atoms with Crippen LogP contribution in [0.5, 0.6) is 0 Å². The molecule has 0 saturated carbocycles. The Labute approximate surface area is 117 Å². The third-order valence-electron chi connectivity index (χ3n) is 2.42. The lowest BCUT2D eigenvalue weighted by molar-refractivity contribution is 0.503. The van der Waals surface area contributed by atoms with Crippen molar-refractivity contribution in [3.8, 4) is 0 Å². The van der Waals surface area contributed by atoms with E-state index in [1.54, 1.807) is 6.20 Å². The predicted molar refractivity (Wildman–Crippen MR) is 80.0 cm³/mol. The summed E-state index contributed by atoms with van der Waals surface area (Å²) < 4.78 is 1.39. The summed E-state index contributed by atoms with van der Waals surface area (Å²) in [6, 6.07) is 0.0185. The van der Waals surface area contributed by atoms with Crippen molar-refractivity contribution in [1.29, 1.82) is 0 Å². The third-order valence-corrected chi connectivity index (χ3v) is 3.77. The standard InChI is InChI=1S/C12H20ClN3OS/c1-4-18-7-5-6-14-10-8-15-16(9(2)3)12(17)11(10)13/h8-9,14H,4-7H2,1-3H3. The Balaban J connectivity index is 2.63. The zero-order valence-electron chi connectivity index (χ0n) is 11.1. The molecule has 0 aliphatic rings. The maximum absolute atomic E-state index is 11.9. The molecule has 1 heterocycles. The van der Waals surface area contributed by atoms with Crippen LogP contribution in [0.4, 0.5) is 5.69 Å². The van der Waals surface area contributed by atoms with Crippen LogP contribution in [-0.4, -0.2) is 27.8 Å². The van der Waals surface area contributed by atoms with E-state index in [4.69, 9.17) is 11.6 Å². The molecule has 1 rings (SSSR count). The van der Waals surface area contributed by atoms with E-state index in [-0.39, 0.29) is 16.6 Å². The van der Waals surface area contributed by atoms with Gasteiger partial charge in [-0.2, -0.15) is 16.9 Å². The number of aromatic nitrogens is 2. The molecule has 0 unspecified atom stereocenters. The molecule has 0 amide bonds. The van der Waals surface area contributed by atoms with Gasteiger partial charge in [-0.3, -0.25) is 4.79 Å². The molecule has 1 aromatic heterocycles. The van der Waals surface area contributed by atoms with Crippen molar-refractivity contribution in [2.75, 3.05) is 23.4 Å². The maximum Gasteiger partial charge on any atom is 0.287 e. The van der Waals surface area contributed by atoms with Crippen LogP contribution in [0.1, 0.15) is 33.2 Å². The third kappa shape index (κ3) is 4.21. The van der Waals surface area contributed by atoms with Crippen molar-refractivity contribution < 1.29 is 0 Å². The van der Waals surface area contributed by atoms with Crippen LogP contribution in [0.15, 0.2) is 11.0 Å². The van der Waals surface area contributed by atoms with Crippen molar-refractivity contribution in [1.82, 2.24) is 9.78 Å². The molecule has 0 aliphatic heterocycles.